The van der Waals surface area contributed by atoms with Gasteiger partial charge < -0.3 is 14.5 Å². The van der Waals surface area contributed by atoms with Crippen LogP contribution in [0, 0.1) is 0 Å². The molecule has 2 unspecified atom stereocenters. The number of ether oxygens (including phenoxy) is 1. The Morgan fingerprint density at radius 1 is 1.38 bits per heavy atom. The highest BCUT2D eigenvalue weighted by atomic mass is 127. The van der Waals surface area contributed by atoms with E-state index in [1.165, 1.54) is 0 Å². The van der Waals surface area contributed by atoms with E-state index >= 15 is 0 Å². The van der Waals surface area contributed by atoms with Crippen LogP contribution < -0.4 is 4.90 Å². The van der Waals surface area contributed by atoms with Gasteiger partial charge in [0.25, 0.3) is 0 Å². The van der Waals surface area contributed by atoms with Gasteiger partial charge >= 0.3 is 6.09 Å². The predicted molar refractivity (Wildman–Crippen MR) is 117 cm³/mol. The van der Waals surface area contributed by atoms with Crippen molar-refractivity contribution in [2.24, 2.45) is 0 Å². The van der Waals surface area contributed by atoms with Crippen LogP contribution in [0.5, 0.6) is 0 Å². The molecule has 1 aliphatic heterocycles. The minimum absolute atomic E-state index is 0.143. The van der Waals surface area contributed by atoms with E-state index in [9.17, 15) is 4.79 Å². The smallest absolute Gasteiger partial charge is 0.410 e. The second kappa shape index (κ2) is 7.68. The van der Waals surface area contributed by atoms with Crippen LogP contribution in [0.4, 0.5) is 10.5 Å². The van der Waals surface area contributed by atoms with E-state index in [1.807, 2.05) is 37.5 Å². The van der Waals surface area contributed by atoms with E-state index in [-0.39, 0.29) is 12.1 Å². The lowest BCUT2D eigenvalue weighted by Crippen LogP contribution is -2.54. The Hall–Kier alpha value is -0.790. The molecule has 0 spiro atoms. The van der Waals surface area contributed by atoms with E-state index in [1.54, 1.807) is 4.90 Å². The normalized spacial score (nSPS) is 18.9. The number of hydrogen-bond donors (Lipinski definition) is 0. The highest BCUT2D eigenvalue weighted by Gasteiger charge is 2.31. The van der Waals surface area contributed by atoms with Gasteiger partial charge in [0.15, 0.2) is 0 Å². The van der Waals surface area contributed by atoms with Crippen molar-refractivity contribution in [3.8, 4) is 0 Å². The number of aromatic nitrogens is 2. The number of nitrogens with zero attached hydrogens (tertiary/aromatic N) is 4. The first-order valence-corrected chi connectivity index (χ1v) is 12.9. The highest BCUT2D eigenvalue weighted by molar-refractivity contribution is 14.2. The van der Waals surface area contributed by atoms with Crippen molar-refractivity contribution >= 4 is 62.7 Å². The summed E-state index contributed by atoms with van der Waals surface area (Å²) in [6.07, 6.45) is 2.13. The molecule has 26 heavy (non-hydrogen) atoms. The number of hydrogen-bond acceptors (Lipinski definition) is 4. The van der Waals surface area contributed by atoms with Gasteiger partial charge in [0.2, 0.25) is 0 Å². The summed E-state index contributed by atoms with van der Waals surface area (Å²) in [5.74, 6) is 0. The average Bonchev–Trinajstić information content (AvgIpc) is 2.94. The van der Waals surface area contributed by atoms with Crippen LogP contribution in [0.3, 0.4) is 0 Å². The van der Waals surface area contributed by atoms with Crippen LogP contribution in [0.25, 0.3) is 10.9 Å². The second-order valence-electron chi connectivity index (χ2n) is 7.47. The predicted octanol–water partition coefficient (Wildman–Crippen LogP) is 4.93. The summed E-state index contributed by atoms with van der Waals surface area (Å²) in [7, 11) is 0. The molecule has 3 rings (SSSR count). The van der Waals surface area contributed by atoms with Crippen LogP contribution in [-0.4, -0.2) is 51.8 Å². The van der Waals surface area contributed by atoms with Crippen molar-refractivity contribution in [1.82, 2.24) is 14.5 Å². The quantitative estimate of drug-likeness (QED) is 0.427. The van der Waals surface area contributed by atoms with Crippen LogP contribution >= 0.6 is 40.0 Å². The van der Waals surface area contributed by atoms with Gasteiger partial charge in [0.05, 0.1) is 28.8 Å². The van der Waals surface area contributed by atoms with E-state index < -0.39 is 5.60 Å². The molecule has 1 aliphatic rings. The number of amides is 1. The molecule has 0 bridgehead atoms. The number of carbonyl (C=O) groups is 1. The van der Waals surface area contributed by atoms with Crippen molar-refractivity contribution in [1.29, 1.82) is 0 Å². The van der Waals surface area contributed by atoms with Gasteiger partial charge in [-0.05, 0) is 61.9 Å². The summed E-state index contributed by atoms with van der Waals surface area (Å²) in [6.45, 7) is 9.70. The molecule has 0 N–H and O–H groups in total. The molecule has 1 amide bonds. The molecule has 6 nitrogen and oxygen atoms in total. The molecule has 1 aromatic carbocycles. The lowest BCUT2D eigenvalue weighted by molar-refractivity contribution is 0.0219. The number of carbonyl (C=O) groups excluding carboxylic acids is 1. The van der Waals surface area contributed by atoms with Gasteiger partial charge in [-0.15, -0.1) is 0 Å². The third kappa shape index (κ3) is 4.20. The molecule has 0 radical (unpaired) electrons. The number of anilines is 1. The van der Waals surface area contributed by atoms with Gasteiger partial charge in [-0.2, -0.15) is 5.10 Å². The number of halogens is 2. The zero-order valence-electron chi connectivity index (χ0n) is 15.3. The maximum absolute atomic E-state index is 12.3. The number of rotatable bonds is 2. The topological polar surface area (TPSA) is 50.6 Å². The summed E-state index contributed by atoms with van der Waals surface area (Å²) >= 11 is 8.88. The third-order valence-corrected chi connectivity index (χ3v) is 6.50. The maximum Gasteiger partial charge on any atom is 0.410 e. The largest absolute Gasteiger partial charge is 0.444 e. The third-order valence-electron chi connectivity index (χ3n) is 4.31. The van der Waals surface area contributed by atoms with Gasteiger partial charge in [-0.25, -0.2) is 9.25 Å². The Balaban J connectivity index is 1.80. The van der Waals surface area contributed by atoms with Crippen molar-refractivity contribution in [2.45, 2.75) is 39.3 Å². The molecule has 1 fully saturated rings. The first-order chi connectivity index (χ1) is 12.2. The van der Waals surface area contributed by atoms with Crippen LogP contribution in [0.15, 0.2) is 18.3 Å². The van der Waals surface area contributed by atoms with E-state index in [0.29, 0.717) is 31.0 Å². The van der Waals surface area contributed by atoms with E-state index in [0.717, 1.165) is 16.6 Å². The van der Waals surface area contributed by atoms with Gasteiger partial charge in [0.1, 0.15) is 5.60 Å². The fourth-order valence-corrected chi connectivity index (χ4v) is 4.95. The standard InChI is InChI=1S/C17H23ClIN4O2P/c1-11-10-21(16(24)25-17(2,3)4)5-6-22(11)15-8-14-12(7-13(15)18)9-20-23(14)26-19/h7-9,11,26H,5-6,10H2,1-4H3. The second-order valence-corrected chi connectivity index (χ2v) is 9.92. The molecule has 1 saturated heterocycles. The molecule has 142 valence electrons. The Morgan fingerprint density at radius 3 is 2.73 bits per heavy atom. The summed E-state index contributed by atoms with van der Waals surface area (Å²) in [5, 5.41) is 6.16. The zero-order chi connectivity index (χ0) is 19.1. The summed E-state index contributed by atoms with van der Waals surface area (Å²) < 4.78 is 7.48. The minimum Gasteiger partial charge on any atom is -0.444 e. The number of benzene rings is 1. The van der Waals surface area contributed by atoms with Crippen LogP contribution in [0.2, 0.25) is 5.02 Å². The maximum atomic E-state index is 12.3. The number of fused-ring (bicyclic) bond motifs is 1. The van der Waals surface area contributed by atoms with Crippen molar-refractivity contribution in [3.63, 3.8) is 0 Å². The summed E-state index contributed by atoms with van der Waals surface area (Å²) in [6, 6.07) is 4.22. The van der Waals surface area contributed by atoms with Crippen molar-refractivity contribution < 1.29 is 9.53 Å². The molecular formula is C17H23ClIN4O2P. The summed E-state index contributed by atoms with van der Waals surface area (Å²) in [5.41, 5.74) is 1.59. The van der Waals surface area contributed by atoms with Gasteiger partial charge in [-0.3, -0.25) is 0 Å². The van der Waals surface area contributed by atoms with Crippen LogP contribution in [-0.2, 0) is 4.74 Å². The highest BCUT2D eigenvalue weighted by Crippen LogP contribution is 2.36. The molecular weight excluding hydrogens is 486 g/mol. The Kier molecular flexibility index (Phi) is 5.89. The Labute approximate surface area is 173 Å². The average molecular weight is 509 g/mol. The van der Waals surface area contributed by atoms with E-state index in [4.69, 9.17) is 16.3 Å². The molecule has 0 aliphatic carbocycles. The zero-order valence-corrected chi connectivity index (χ0v) is 19.2. The van der Waals surface area contributed by atoms with Gasteiger partial charge in [-0.1, -0.05) is 11.6 Å². The minimum atomic E-state index is -0.482. The molecule has 2 heterocycles. The van der Waals surface area contributed by atoms with E-state index in [2.05, 4.69) is 45.0 Å². The molecule has 9 heteroatoms. The first kappa shape index (κ1) is 20.0. The molecule has 0 saturated carbocycles. The Bertz CT molecular complexity index is 823. The molecule has 2 aromatic rings. The fraction of sp³-hybridized carbons (Fsp3) is 0.529. The SMILES string of the molecule is CC1CN(C(=O)OC(C)(C)C)CCN1c1cc2c(cnn2PI)cc1Cl. The fourth-order valence-electron chi connectivity index (χ4n) is 3.13. The van der Waals surface area contributed by atoms with Crippen molar-refractivity contribution in [2.75, 3.05) is 24.5 Å². The number of piperazine rings is 1. The lowest BCUT2D eigenvalue weighted by atomic mass is 10.1. The summed E-state index contributed by atoms with van der Waals surface area (Å²) in [4.78, 5) is 16.4. The van der Waals surface area contributed by atoms with Gasteiger partial charge in [0, 0.05) is 31.1 Å². The molecule has 1 aromatic heterocycles. The lowest BCUT2D eigenvalue weighted by Gasteiger charge is -2.41. The molecule has 2 atom stereocenters. The monoisotopic (exact) mass is 508 g/mol. The Morgan fingerprint density at radius 2 is 2.12 bits per heavy atom. The van der Waals surface area contributed by atoms with Crippen LogP contribution in [0.1, 0.15) is 27.7 Å². The van der Waals surface area contributed by atoms with Crippen molar-refractivity contribution in [3.05, 3.63) is 23.4 Å². The first-order valence-electron chi connectivity index (χ1n) is 8.48.